The van der Waals surface area contributed by atoms with E-state index in [9.17, 15) is 12.8 Å². The Bertz CT molecular complexity index is 1040. The third-order valence-electron chi connectivity index (χ3n) is 4.48. The molecular weight excluding hydrogens is 413 g/mol. The van der Waals surface area contributed by atoms with Crippen molar-refractivity contribution >= 4 is 33.0 Å². The lowest BCUT2D eigenvalue weighted by Crippen LogP contribution is -2.37. The number of thiophene rings is 1. The van der Waals surface area contributed by atoms with Gasteiger partial charge in [-0.3, -0.25) is 0 Å². The van der Waals surface area contributed by atoms with Gasteiger partial charge in [-0.1, -0.05) is 11.6 Å². The Morgan fingerprint density at radius 2 is 1.81 bits per heavy atom. The lowest BCUT2D eigenvalue weighted by Gasteiger charge is -2.29. The average molecular weight is 428 g/mol. The zero-order chi connectivity index (χ0) is 19.0. The molecule has 0 N–H and O–H groups in total. The highest BCUT2D eigenvalue weighted by Crippen LogP contribution is 2.34. The molecule has 4 rings (SSSR count). The first kappa shape index (κ1) is 18.5. The first-order valence-electron chi connectivity index (χ1n) is 8.28. The molecule has 142 valence electrons. The second kappa shape index (κ2) is 7.31. The zero-order valence-electron chi connectivity index (χ0n) is 14.0. The highest BCUT2D eigenvalue weighted by molar-refractivity contribution is 7.91. The Balaban J connectivity index is 1.44. The molecule has 3 heterocycles. The summed E-state index contributed by atoms with van der Waals surface area (Å²) in [5, 5.41) is 8.12. The van der Waals surface area contributed by atoms with Crippen LogP contribution in [-0.2, 0) is 10.0 Å². The number of hydrogen-bond donors (Lipinski definition) is 0. The summed E-state index contributed by atoms with van der Waals surface area (Å²) in [7, 11) is -3.52. The van der Waals surface area contributed by atoms with Crippen molar-refractivity contribution < 1.29 is 17.2 Å². The Hall–Kier alpha value is -1.81. The fourth-order valence-corrected chi connectivity index (χ4v) is 6.12. The number of sulfonamides is 1. The van der Waals surface area contributed by atoms with Crippen molar-refractivity contribution in [2.24, 2.45) is 0 Å². The van der Waals surface area contributed by atoms with E-state index in [1.54, 1.807) is 18.2 Å². The maximum Gasteiger partial charge on any atom is 0.252 e. The predicted molar refractivity (Wildman–Crippen MR) is 99.8 cm³/mol. The standard InChI is InChI=1S/C17H15ClFN3O3S2/c18-14-5-6-15(26-14)27(23,24)22-9-7-12(8-10-22)17-21-20-16(25-17)11-1-3-13(19)4-2-11/h1-6,12H,7-10H2. The second-order valence-corrected chi connectivity index (χ2v) is 10.1. The highest BCUT2D eigenvalue weighted by Gasteiger charge is 2.32. The van der Waals surface area contributed by atoms with Crippen LogP contribution < -0.4 is 0 Å². The van der Waals surface area contributed by atoms with Gasteiger partial charge in [0.05, 0.1) is 4.34 Å². The van der Waals surface area contributed by atoms with E-state index in [-0.39, 0.29) is 15.9 Å². The van der Waals surface area contributed by atoms with Gasteiger partial charge in [-0.2, -0.15) is 4.31 Å². The van der Waals surface area contributed by atoms with E-state index in [1.165, 1.54) is 22.5 Å². The largest absolute Gasteiger partial charge is 0.420 e. The Labute approximate surface area is 164 Å². The molecule has 1 aromatic carbocycles. The number of aromatic nitrogens is 2. The third kappa shape index (κ3) is 3.77. The summed E-state index contributed by atoms with van der Waals surface area (Å²) in [6, 6.07) is 8.93. The summed E-state index contributed by atoms with van der Waals surface area (Å²) in [6.45, 7) is 0.744. The van der Waals surface area contributed by atoms with E-state index >= 15 is 0 Å². The number of halogens is 2. The van der Waals surface area contributed by atoms with Crippen molar-refractivity contribution in [1.29, 1.82) is 0 Å². The van der Waals surface area contributed by atoms with E-state index < -0.39 is 10.0 Å². The van der Waals surface area contributed by atoms with Gasteiger partial charge in [0.2, 0.25) is 11.8 Å². The molecule has 6 nitrogen and oxygen atoms in total. The van der Waals surface area contributed by atoms with Crippen LogP contribution in [0.1, 0.15) is 24.7 Å². The topological polar surface area (TPSA) is 76.3 Å². The van der Waals surface area contributed by atoms with Crippen LogP contribution in [-0.4, -0.2) is 36.0 Å². The smallest absolute Gasteiger partial charge is 0.252 e. The van der Waals surface area contributed by atoms with E-state index in [1.807, 2.05) is 0 Å². The fourth-order valence-electron chi connectivity index (χ4n) is 3.02. The van der Waals surface area contributed by atoms with Crippen molar-refractivity contribution in [1.82, 2.24) is 14.5 Å². The normalized spacial score (nSPS) is 16.7. The summed E-state index contributed by atoms with van der Waals surface area (Å²) in [4.78, 5) is 0. The number of nitrogens with zero attached hydrogens (tertiary/aromatic N) is 3. The molecule has 10 heteroatoms. The van der Waals surface area contributed by atoms with Gasteiger partial charge in [-0.15, -0.1) is 21.5 Å². The molecule has 0 atom stereocenters. The van der Waals surface area contributed by atoms with Gasteiger partial charge in [0.25, 0.3) is 10.0 Å². The van der Waals surface area contributed by atoms with Crippen molar-refractivity contribution in [3.63, 3.8) is 0 Å². The SMILES string of the molecule is O=S(=O)(c1ccc(Cl)s1)N1CCC(c2nnc(-c3ccc(F)cc3)o2)CC1. The monoisotopic (exact) mass is 427 g/mol. The van der Waals surface area contributed by atoms with E-state index in [0.717, 1.165) is 11.3 Å². The van der Waals surface area contributed by atoms with Gasteiger partial charge < -0.3 is 4.42 Å². The minimum atomic E-state index is -3.52. The van der Waals surface area contributed by atoms with Crippen molar-refractivity contribution in [3.05, 3.63) is 52.4 Å². The first-order chi connectivity index (χ1) is 12.9. The molecule has 0 radical (unpaired) electrons. The Kier molecular flexibility index (Phi) is 5.02. The van der Waals surface area contributed by atoms with Crippen LogP contribution in [0.25, 0.3) is 11.5 Å². The second-order valence-electron chi connectivity index (χ2n) is 6.19. The van der Waals surface area contributed by atoms with E-state index in [4.69, 9.17) is 16.0 Å². The summed E-state index contributed by atoms with van der Waals surface area (Å²) in [5.41, 5.74) is 0.643. The maximum atomic E-state index is 13.0. The van der Waals surface area contributed by atoms with E-state index in [2.05, 4.69) is 10.2 Å². The maximum absolute atomic E-state index is 13.0. The molecule has 0 spiro atoms. The lowest BCUT2D eigenvalue weighted by molar-refractivity contribution is 0.292. The number of benzene rings is 1. The average Bonchev–Trinajstić information content (AvgIpc) is 3.32. The van der Waals surface area contributed by atoms with E-state index in [0.29, 0.717) is 47.6 Å². The van der Waals surface area contributed by atoms with Crippen LogP contribution in [0.4, 0.5) is 4.39 Å². The number of piperidine rings is 1. The molecule has 1 saturated heterocycles. The van der Waals surface area contributed by atoms with Gasteiger partial charge in [0.1, 0.15) is 10.0 Å². The first-order valence-corrected chi connectivity index (χ1v) is 10.9. The molecule has 3 aromatic rings. The van der Waals surface area contributed by atoms with Gasteiger partial charge >= 0.3 is 0 Å². The van der Waals surface area contributed by atoms with Crippen LogP contribution in [0.15, 0.2) is 45.0 Å². The quantitative estimate of drug-likeness (QED) is 0.624. The molecular formula is C17H15ClFN3O3S2. The minimum absolute atomic E-state index is 0.00919. The van der Waals surface area contributed by atoms with Crippen molar-refractivity contribution in [3.8, 4) is 11.5 Å². The van der Waals surface area contributed by atoms with Gasteiger partial charge in [0, 0.05) is 24.6 Å². The summed E-state index contributed by atoms with van der Waals surface area (Å²) in [6.07, 6.45) is 1.17. The molecule has 0 saturated carbocycles. The molecule has 0 aliphatic carbocycles. The highest BCUT2D eigenvalue weighted by atomic mass is 35.5. The molecule has 2 aromatic heterocycles. The summed E-state index contributed by atoms with van der Waals surface area (Å²) < 4.78 is 46.2. The van der Waals surface area contributed by atoms with Crippen LogP contribution in [0.3, 0.4) is 0 Å². The number of rotatable bonds is 4. The van der Waals surface area contributed by atoms with Crippen molar-refractivity contribution in [2.75, 3.05) is 13.1 Å². The Morgan fingerprint density at radius 3 is 2.44 bits per heavy atom. The van der Waals surface area contributed by atoms with Gasteiger partial charge in [-0.05, 0) is 49.2 Å². The fraction of sp³-hybridized carbons (Fsp3) is 0.294. The van der Waals surface area contributed by atoms with Crippen LogP contribution in [0.5, 0.6) is 0 Å². The molecule has 0 unspecified atom stereocenters. The van der Waals surface area contributed by atoms with Crippen LogP contribution in [0.2, 0.25) is 4.34 Å². The molecule has 27 heavy (non-hydrogen) atoms. The lowest BCUT2D eigenvalue weighted by atomic mass is 9.98. The van der Waals surface area contributed by atoms with Crippen LogP contribution >= 0.6 is 22.9 Å². The summed E-state index contributed by atoms with van der Waals surface area (Å²) >= 11 is 6.91. The Morgan fingerprint density at radius 1 is 1.11 bits per heavy atom. The minimum Gasteiger partial charge on any atom is -0.420 e. The molecule has 1 aliphatic rings. The molecule has 0 bridgehead atoms. The molecule has 0 amide bonds. The zero-order valence-corrected chi connectivity index (χ0v) is 16.4. The van der Waals surface area contributed by atoms with Gasteiger partial charge in [0.15, 0.2) is 0 Å². The summed E-state index contributed by atoms with van der Waals surface area (Å²) in [5.74, 6) is 0.461. The molecule has 1 fully saturated rings. The number of hydrogen-bond acceptors (Lipinski definition) is 6. The molecule has 1 aliphatic heterocycles. The van der Waals surface area contributed by atoms with Crippen LogP contribution in [0, 0.1) is 5.82 Å². The van der Waals surface area contributed by atoms with Gasteiger partial charge in [-0.25, -0.2) is 12.8 Å². The van der Waals surface area contributed by atoms with Crippen molar-refractivity contribution in [2.45, 2.75) is 23.0 Å². The predicted octanol–water partition coefficient (Wildman–Crippen LogP) is 4.16. The third-order valence-corrected chi connectivity index (χ3v) is 8.07.